The van der Waals surface area contributed by atoms with E-state index in [1.54, 1.807) is 18.0 Å². The second-order valence-electron chi connectivity index (χ2n) is 4.31. The molecular weight excluding hydrogens is 278 g/mol. The summed E-state index contributed by atoms with van der Waals surface area (Å²) in [5, 5.41) is 4.18. The highest BCUT2D eigenvalue weighted by Crippen LogP contribution is 2.30. The van der Waals surface area contributed by atoms with E-state index in [4.69, 9.17) is 16.0 Å². The second-order valence-corrected chi connectivity index (χ2v) is 5.73. The third-order valence-electron chi connectivity index (χ3n) is 2.70. The highest BCUT2D eigenvalue weighted by molar-refractivity contribution is 7.98. The zero-order valence-corrected chi connectivity index (χ0v) is 12.6. The molecule has 1 N–H and O–H groups in total. The van der Waals surface area contributed by atoms with Crippen LogP contribution in [-0.4, -0.2) is 6.54 Å². The first-order chi connectivity index (χ1) is 9.29. The molecule has 0 bridgehead atoms. The number of hydrogen-bond donors (Lipinski definition) is 1. The largest absolute Gasteiger partial charge is 0.468 e. The molecule has 0 aliphatic heterocycles. The average Bonchev–Trinajstić information content (AvgIpc) is 2.91. The Bertz CT molecular complexity index is 499. The maximum Gasteiger partial charge on any atom is 0.113 e. The zero-order chi connectivity index (χ0) is 13.5. The number of furan rings is 1. The second kappa shape index (κ2) is 7.63. The lowest BCUT2D eigenvalue weighted by Crippen LogP contribution is -2.13. The molecule has 0 fully saturated rings. The molecule has 1 heterocycles. The van der Waals surface area contributed by atoms with Crippen LogP contribution < -0.4 is 5.32 Å². The van der Waals surface area contributed by atoms with Gasteiger partial charge in [-0.15, -0.1) is 11.8 Å². The van der Waals surface area contributed by atoms with Crippen LogP contribution in [0.1, 0.15) is 24.7 Å². The molecule has 1 aromatic carbocycles. The van der Waals surface area contributed by atoms with Gasteiger partial charge in [-0.05, 0) is 42.8 Å². The van der Waals surface area contributed by atoms with Gasteiger partial charge in [0.15, 0.2) is 0 Å². The summed E-state index contributed by atoms with van der Waals surface area (Å²) in [6.07, 6.45) is 2.84. The van der Waals surface area contributed by atoms with E-state index in [1.165, 1.54) is 5.56 Å². The van der Waals surface area contributed by atoms with Crippen LogP contribution in [0.2, 0.25) is 5.02 Å². The molecule has 0 aliphatic rings. The van der Waals surface area contributed by atoms with Crippen molar-refractivity contribution in [3.63, 3.8) is 0 Å². The van der Waals surface area contributed by atoms with E-state index in [0.29, 0.717) is 0 Å². The monoisotopic (exact) mass is 295 g/mol. The summed E-state index contributed by atoms with van der Waals surface area (Å²) in [6, 6.07) is 10.1. The number of hydrogen-bond acceptors (Lipinski definition) is 3. The van der Waals surface area contributed by atoms with Crippen molar-refractivity contribution in [1.82, 2.24) is 5.32 Å². The molecule has 0 radical (unpaired) electrons. The van der Waals surface area contributed by atoms with Crippen LogP contribution in [0.5, 0.6) is 0 Å². The van der Waals surface area contributed by atoms with Crippen LogP contribution >= 0.6 is 23.4 Å². The maximum atomic E-state index is 6.30. The minimum absolute atomic E-state index is 0.806. The first-order valence-electron chi connectivity index (χ1n) is 6.44. The minimum atomic E-state index is 0.806. The summed E-state index contributed by atoms with van der Waals surface area (Å²) < 4.78 is 5.31. The molecule has 0 spiro atoms. The third kappa shape index (κ3) is 4.60. The molecule has 0 aliphatic carbocycles. The Kier molecular flexibility index (Phi) is 5.83. The topological polar surface area (TPSA) is 25.2 Å². The van der Waals surface area contributed by atoms with E-state index < -0.39 is 0 Å². The minimum Gasteiger partial charge on any atom is -0.468 e. The molecule has 0 atom stereocenters. The molecule has 0 amide bonds. The van der Waals surface area contributed by atoms with Crippen molar-refractivity contribution in [3.8, 4) is 0 Å². The molecule has 19 heavy (non-hydrogen) atoms. The van der Waals surface area contributed by atoms with E-state index in [-0.39, 0.29) is 0 Å². The smallest absolute Gasteiger partial charge is 0.113 e. The summed E-state index contributed by atoms with van der Waals surface area (Å²) in [4.78, 5) is 1.09. The van der Waals surface area contributed by atoms with E-state index in [2.05, 4.69) is 24.4 Å². The van der Waals surface area contributed by atoms with Crippen molar-refractivity contribution >= 4 is 23.4 Å². The van der Waals surface area contributed by atoms with Crippen LogP contribution in [0.15, 0.2) is 45.9 Å². The lowest BCUT2D eigenvalue weighted by molar-refractivity contribution is 0.530. The Morgan fingerprint density at radius 3 is 2.89 bits per heavy atom. The molecule has 102 valence electrons. The molecule has 0 unspecified atom stereocenters. The molecule has 1 aromatic heterocycles. The van der Waals surface area contributed by atoms with Gasteiger partial charge in [-0.25, -0.2) is 0 Å². The van der Waals surface area contributed by atoms with Crippen molar-refractivity contribution < 1.29 is 4.42 Å². The van der Waals surface area contributed by atoms with Gasteiger partial charge in [-0.3, -0.25) is 0 Å². The zero-order valence-electron chi connectivity index (χ0n) is 11.0. The van der Waals surface area contributed by atoms with Gasteiger partial charge in [0.25, 0.3) is 0 Å². The fourth-order valence-corrected chi connectivity index (χ4v) is 2.91. The highest BCUT2D eigenvalue weighted by atomic mass is 35.5. The fourth-order valence-electron chi connectivity index (χ4n) is 1.72. The Morgan fingerprint density at radius 2 is 2.21 bits per heavy atom. The number of thioether (sulfide) groups is 1. The molecule has 2 aromatic rings. The SMILES string of the molecule is CCCNCc1ccc(SCc2ccco2)c(Cl)c1. The Balaban J connectivity index is 1.91. The Hall–Kier alpha value is -0.900. The number of nitrogens with one attached hydrogen (secondary N) is 1. The fraction of sp³-hybridized carbons (Fsp3) is 0.333. The molecule has 0 saturated heterocycles. The van der Waals surface area contributed by atoms with Crippen LogP contribution in [0.25, 0.3) is 0 Å². The Morgan fingerprint density at radius 1 is 1.32 bits per heavy atom. The summed E-state index contributed by atoms with van der Waals surface area (Å²) in [7, 11) is 0. The first-order valence-corrected chi connectivity index (χ1v) is 7.80. The van der Waals surface area contributed by atoms with Crippen LogP contribution in [0.3, 0.4) is 0 Å². The van der Waals surface area contributed by atoms with Crippen LogP contribution in [0, 0.1) is 0 Å². The quantitative estimate of drug-likeness (QED) is 0.591. The van der Waals surface area contributed by atoms with Crippen molar-refractivity contribution in [2.24, 2.45) is 0 Å². The highest BCUT2D eigenvalue weighted by Gasteiger charge is 2.04. The van der Waals surface area contributed by atoms with E-state index >= 15 is 0 Å². The first kappa shape index (κ1) is 14.5. The van der Waals surface area contributed by atoms with E-state index in [9.17, 15) is 0 Å². The number of halogens is 1. The van der Waals surface area contributed by atoms with Gasteiger partial charge in [-0.1, -0.05) is 24.6 Å². The predicted octanol–water partition coefficient (Wildman–Crippen LogP) is 4.72. The van der Waals surface area contributed by atoms with Gasteiger partial charge in [0.05, 0.1) is 17.0 Å². The van der Waals surface area contributed by atoms with Gasteiger partial charge in [0.1, 0.15) is 5.76 Å². The lowest BCUT2D eigenvalue weighted by atomic mass is 10.2. The standard InChI is InChI=1S/C15H18ClNOS/c1-2-7-17-10-12-5-6-15(14(16)9-12)19-11-13-4-3-8-18-13/h3-6,8-9,17H,2,7,10-11H2,1H3. The maximum absolute atomic E-state index is 6.30. The van der Waals surface area contributed by atoms with E-state index in [0.717, 1.165) is 40.9 Å². The summed E-state index contributed by atoms with van der Waals surface area (Å²) in [5.74, 6) is 1.77. The lowest BCUT2D eigenvalue weighted by Gasteiger charge is -2.07. The normalized spacial score (nSPS) is 10.8. The molecular formula is C15H18ClNOS. The number of rotatable bonds is 7. The van der Waals surface area contributed by atoms with Crippen molar-refractivity contribution in [2.45, 2.75) is 30.5 Å². The van der Waals surface area contributed by atoms with Crippen molar-refractivity contribution in [1.29, 1.82) is 0 Å². The van der Waals surface area contributed by atoms with Gasteiger partial charge in [0.2, 0.25) is 0 Å². The van der Waals surface area contributed by atoms with E-state index in [1.807, 2.05) is 18.2 Å². The molecule has 4 heteroatoms. The van der Waals surface area contributed by atoms with Gasteiger partial charge >= 0.3 is 0 Å². The third-order valence-corrected chi connectivity index (χ3v) is 4.22. The Labute approximate surface area is 123 Å². The van der Waals surface area contributed by atoms with Gasteiger partial charge < -0.3 is 9.73 Å². The van der Waals surface area contributed by atoms with Crippen LogP contribution in [-0.2, 0) is 12.3 Å². The molecule has 2 rings (SSSR count). The molecule has 2 nitrogen and oxygen atoms in total. The van der Waals surface area contributed by atoms with Crippen molar-refractivity contribution in [2.75, 3.05) is 6.54 Å². The van der Waals surface area contributed by atoms with Crippen molar-refractivity contribution in [3.05, 3.63) is 52.9 Å². The summed E-state index contributed by atoms with van der Waals surface area (Å²) >= 11 is 8.00. The summed E-state index contributed by atoms with van der Waals surface area (Å²) in [5.41, 5.74) is 1.22. The predicted molar refractivity (Wildman–Crippen MR) is 81.7 cm³/mol. The van der Waals surface area contributed by atoms with Crippen LogP contribution in [0.4, 0.5) is 0 Å². The van der Waals surface area contributed by atoms with Gasteiger partial charge in [-0.2, -0.15) is 0 Å². The average molecular weight is 296 g/mol. The molecule has 0 saturated carbocycles. The summed E-state index contributed by atoms with van der Waals surface area (Å²) in [6.45, 7) is 4.07. The van der Waals surface area contributed by atoms with Gasteiger partial charge in [0, 0.05) is 11.4 Å². The number of benzene rings is 1.